The van der Waals surface area contributed by atoms with Crippen molar-refractivity contribution in [3.8, 4) is 0 Å². The van der Waals surface area contributed by atoms with Crippen molar-refractivity contribution < 1.29 is 0 Å². The molecule has 3 heteroatoms. The SMILES string of the molecule is C/C=C\C=C/c1[nH]c(C)c(Sc2ccccc2CCNC)c1C. The summed E-state index contributed by atoms with van der Waals surface area (Å²) in [7, 11) is 2.00. The van der Waals surface area contributed by atoms with E-state index in [4.69, 9.17) is 0 Å². The fraction of sp³-hybridized carbons (Fsp3) is 0.300. The monoisotopic (exact) mass is 326 g/mol. The second-order valence-electron chi connectivity index (χ2n) is 5.57. The van der Waals surface area contributed by atoms with Crippen LogP contribution in [0.5, 0.6) is 0 Å². The van der Waals surface area contributed by atoms with E-state index in [1.165, 1.54) is 32.3 Å². The molecule has 0 radical (unpaired) electrons. The van der Waals surface area contributed by atoms with Crippen molar-refractivity contribution in [2.75, 3.05) is 13.6 Å². The Morgan fingerprint density at radius 1 is 1.17 bits per heavy atom. The van der Waals surface area contributed by atoms with Crippen molar-refractivity contribution in [1.82, 2.24) is 10.3 Å². The summed E-state index contributed by atoms with van der Waals surface area (Å²) in [5.41, 5.74) is 5.14. The molecule has 0 amide bonds. The minimum atomic E-state index is 1.00. The molecule has 1 aromatic heterocycles. The molecule has 0 unspecified atom stereocenters. The molecule has 0 spiro atoms. The Kier molecular flexibility index (Phi) is 6.75. The highest BCUT2D eigenvalue weighted by Crippen LogP contribution is 2.36. The molecule has 0 aliphatic rings. The Balaban J connectivity index is 2.27. The zero-order valence-electron chi connectivity index (χ0n) is 14.4. The van der Waals surface area contributed by atoms with Crippen molar-refractivity contribution in [2.45, 2.75) is 37.0 Å². The van der Waals surface area contributed by atoms with E-state index in [0.29, 0.717) is 0 Å². The molecule has 2 N–H and O–H groups in total. The first-order valence-corrected chi connectivity index (χ1v) is 8.88. The minimum Gasteiger partial charge on any atom is -0.358 e. The summed E-state index contributed by atoms with van der Waals surface area (Å²) in [6, 6.07) is 8.69. The van der Waals surface area contributed by atoms with Gasteiger partial charge < -0.3 is 10.3 Å². The van der Waals surface area contributed by atoms with Gasteiger partial charge in [0, 0.05) is 21.2 Å². The van der Waals surface area contributed by atoms with Gasteiger partial charge in [-0.1, -0.05) is 48.2 Å². The third-order valence-corrected chi connectivity index (χ3v) is 5.24. The molecule has 2 rings (SSSR count). The maximum absolute atomic E-state index is 3.50. The summed E-state index contributed by atoms with van der Waals surface area (Å²) in [4.78, 5) is 6.18. The molecule has 1 heterocycles. The normalized spacial score (nSPS) is 11.8. The molecule has 0 fully saturated rings. The van der Waals surface area contributed by atoms with Gasteiger partial charge in [-0.2, -0.15) is 0 Å². The average molecular weight is 327 g/mol. The van der Waals surface area contributed by atoms with E-state index in [2.05, 4.69) is 66.6 Å². The van der Waals surface area contributed by atoms with E-state index in [-0.39, 0.29) is 0 Å². The molecule has 0 atom stereocenters. The van der Waals surface area contributed by atoms with E-state index >= 15 is 0 Å². The number of aryl methyl sites for hydroxylation is 1. The molecule has 1 aromatic carbocycles. The lowest BCUT2D eigenvalue weighted by Crippen LogP contribution is -2.10. The quantitative estimate of drug-likeness (QED) is 0.690. The number of H-pyrrole nitrogens is 1. The van der Waals surface area contributed by atoms with Crippen molar-refractivity contribution in [1.29, 1.82) is 0 Å². The molecule has 0 aliphatic heterocycles. The van der Waals surface area contributed by atoms with Gasteiger partial charge in [-0.15, -0.1) is 0 Å². The van der Waals surface area contributed by atoms with Gasteiger partial charge in [-0.3, -0.25) is 0 Å². The third kappa shape index (κ3) is 4.63. The molecule has 0 saturated carbocycles. The lowest BCUT2D eigenvalue weighted by Gasteiger charge is -2.09. The minimum absolute atomic E-state index is 1.00. The summed E-state index contributed by atoms with van der Waals surface area (Å²) in [5, 5.41) is 3.23. The topological polar surface area (TPSA) is 27.8 Å². The summed E-state index contributed by atoms with van der Waals surface area (Å²) in [6.07, 6.45) is 9.36. The summed E-state index contributed by atoms with van der Waals surface area (Å²) in [6.45, 7) is 7.37. The lowest BCUT2D eigenvalue weighted by atomic mass is 10.1. The van der Waals surface area contributed by atoms with E-state index in [0.717, 1.165) is 13.0 Å². The van der Waals surface area contributed by atoms with Crippen LogP contribution in [0.25, 0.3) is 6.08 Å². The Hall–Kier alpha value is -1.71. The van der Waals surface area contributed by atoms with Crippen molar-refractivity contribution in [3.05, 3.63) is 65.0 Å². The number of benzene rings is 1. The number of likely N-dealkylation sites (N-methyl/N-ethyl adjacent to an activating group) is 1. The Labute approximate surface area is 144 Å². The van der Waals surface area contributed by atoms with Crippen LogP contribution in [-0.4, -0.2) is 18.6 Å². The van der Waals surface area contributed by atoms with Crippen LogP contribution in [0, 0.1) is 13.8 Å². The van der Waals surface area contributed by atoms with Gasteiger partial charge in [0.15, 0.2) is 0 Å². The zero-order chi connectivity index (χ0) is 16.7. The molecule has 0 aliphatic carbocycles. The molecule has 2 aromatic rings. The van der Waals surface area contributed by atoms with Gasteiger partial charge in [-0.05, 0) is 64.1 Å². The highest BCUT2D eigenvalue weighted by atomic mass is 32.2. The first-order valence-electron chi connectivity index (χ1n) is 8.06. The largest absolute Gasteiger partial charge is 0.358 e. The number of hydrogen-bond acceptors (Lipinski definition) is 2. The molecular formula is C20H26N2S. The van der Waals surface area contributed by atoms with Crippen molar-refractivity contribution >= 4 is 17.8 Å². The van der Waals surface area contributed by atoms with Crippen LogP contribution in [0.1, 0.15) is 29.4 Å². The Bertz CT molecular complexity index is 696. The van der Waals surface area contributed by atoms with Crippen LogP contribution in [0.3, 0.4) is 0 Å². The second kappa shape index (κ2) is 8.80. The second-order valence-corrected chi connectivity index (χ2v) is 6.62. The predicted octanol–water partition coefficient (Wildman–Crippen LogP) is 5.13. The van der Waals surface area contributed by atoms with E-state index in [1.807, 2.05) is 31.8 Å². The fourth-order valence-corrected chi connectivity index (χ4v) is 3.65. The van der Waals surface area contributed by atoms with Crippen LogP contribution in [-0.2, 0) is 6.42 Å². The van der Waals surface area contributed by atoms with Gasteiger partial charge in [0.05, 0.1) is 0 Å². The van der Waals surface area contributed by atoms with Gasteiger partial charge in [0.2, 0.25) is 0 Å². The molecule has 0 bridgehead atoms. The van der Waals surface area contributed by atoms with Gasteiger partial charge in [0.25, 0.3) is 0 Å². The maximum atomic E-state index is 3.50. The summed E-state index contributed by atoms with van der Waals surface area (Å²) >= 11 is 1.87. The maximum Gasteiger partial charge on any atom is 0.0423 e. The zero-order valence-corrected chi connectivity index (χ0v) is 15.3. The van der Waals surface area contributed by atoms with Crippen LogP contribution in [0.2, 0.25) is 0 Å². The molecule has 122 valence electrons. The smallest absolute Gasteiger partial charge is 0.0423 e. The van der Waals surface area contributed by atoms with Crippen LogP contribution >= 0.6 is 11.8 Å². The molecule has 2 nitrogen and oxygen atoms in total. The standard InChI is InChI=1S/C20H26N2S/c1-5-6-7-11-18-15(2)20(16(3)22-18)23-19-12-9-8-10-17(19)13-14-21-4/h5-12,21-22H,13-14H2,1-4H3/b6-5-,11-7-. The van der Waals surface area contributed by atoms with Crippen LogP contribution in [0.15, 0.2) is 52.3 Å². The third-order valence-electron chi connectivity index (χ3n) is 3.80. The van der Waals surface area contributed by atoms with Gasteiger partial charge in [-0.25, -0.2) is 0 Å². The number of nitrogens with one attached hydrogen (secondary N) is 2. The van der Waals surface area contributed by atoms with Crippen molar-refractivity contribution in [2.24, 2.45) is 0 Å². The van der Waals surface area contributed by atoms with Crippen LogP contribution in [0.4, 0.5) is 0 Å². The Morgan fingerprint density at radius 3 is 2.70 bits per heavy atom. The first kappa shape index (κ1) is 17.6. The highest BCUT2D eigenvalue weighted by Gasteiger charge is 2.12. The molecule has 23 heavy (non-hydrogen) atoms. The number of aromatic nitrogens is 1. The fourth-order valence-electron chi connectivity index (χ4n) is 2.52. The van der Waals surface area contributed by atoms with Crippen LogP contribution < -0.4 is 5.32 Å². The number of aromatic amines is 1. The van der Waals surface area contributed by atoms with Gasteiger partial charge in [0.1, 0.15) is 0 Å². The van der Waals surface area contributed by atoms with E-state index < -0.39 is 0 Å². The Morgan fingerprint density at radius 2 is 1.96 bits per heavy atom. The van der Waals surface area contributed by atoms with E-state index in [9.17, 15) is 0 Å². The van der Waals surface area contributed by atoms with E-state index in [1.54, 1.807) is 0 Å². The predicted molar refractivity (Wildman–Crippen MR) is 102 cm³/mol. The average Bonchev–Trinajstić information content (AvgIpc) is 2.82. The number of allylic oxidation sites excluding steroid dienone is 3. The molecule has 0 saturated heterocycles. The summed E-state index contributed by atoms with van der Waals surface area (Å²) in [5.74, 6) is 0. The lowest BCUT2D eigenvalue weighted by molar-refractivity contribution is 0.783. The first-order chi connectivity index (χ1) is 11.2. The summed E-state index contributed by atoms with van der Waals surface area (Å²) < 4.78 is 0. The number of rotatable bonds is 7. The van der Waals surface area contributed by atoms with Gasteiger partial charge >= 0.3 is 0 Å². The highest BCUT2D eigenvalue weighted by molar-refractivity contribution is 7.99. The van der Waals surface area contributed by atoms with Crippen molar-refractivity contribution in [3.63, 3.8) is 0 Å². The number of hydrogen-bond donors (Lipinski definition) is 2. The molecular weight excluding hydrogens is 300 g/mol.